The lowest BCUT2D eigenvalue weighted by atomic mass is 9.89. The van der Waals surface area contributed by atoms with E-state index < -0.39 is 6.09 Å². The van der Waals surface area contributed by atoms with Gasteiger partial charge in [0.15, 0.2) is 0 Å². The maximum atomic E-state index is 12.9. The van der Waals surface area contributed by atoms with Crippen molar-refractivity contribution in [2.45, 2.75) is 125 Å². The zero-order valence-corrected chi connectivity index (χ0v) is 36.1. The summed E-state index contributed by atoms with van der Waals surface area (Å²) in [5, 5.41) is 8.43. The molecular formula is C47H71N7O3. The number of ether oxygens (including phenoxy) is 1. The first-order chi connectivity index (χ1) is 27.7. The van der Waals surface area contributed by atoms with E-state index in [9.17, 15) is 9.59 Å². The maximum Gasteiger partial charge on any atom is 0.411 e. The van der Waals surface area contributed by atoms with Gasteiger partial charge in [-0.25, -0.2) is 9.59 Å². The molecule has 2 aromatic heterocycles. The van der Waals surface area contributed by atoms with Crippen LogP contribution in [-0.2, 0) is 11.2 Å². The number of fused-ring (bicyclic) bond motifs is 2. The van der Waals surface area contributed by atoms with Crippen LogP contribution in [0, 0.1) is 0 Å². The molecule has 4 aromatic rings. The number of aromatic nitrogens is 2. The lowest BCUT2D eigenvalue weighted by Crippen LogP contribution is -2.36. The van der Waals surface area contributed by atoms with Crippen LogP contribution in [0.1, 0.15) is 129 Å². The second-order valence-corrected chi connectivity index (χ2v) is 16.1. The van der Waals surface area contributed by atoms with Crippen molar-refractivity contribution in [1.82, 2.24) is 24.7 Å². The molecule has 10 heteroatoms. The fourth-order valence-corrected chi connectivity index (χ4v) is 8.17. The summed E-state index contributed by atoms with van der Waals surface area (Å²) in [6.07, 6.45) is 15.3. The number of amides is 3. The normalized spacial score (nSPS) is 15.4. The van der Waals surface area contributed by atoms with Gasteiger partial charge in [0.25, 0.3) is 0 Å². The zero-order valence-electron chi connectivity index (χ0n) is 36.1. The molecule has 0 aliphatic carbocycles. The Morgan fingerprint density at radius 3 is 2.12 bits per heavy atom. The molecule has 1 saturated heterocycles. The van der Waals surface area contributed by atoms with Gasteiger partial charge in [-0.05, 0) is 138 Å². The summed E-state index contributed by atoms with van der Waals surface area (Å²) in [7, 11) is 0. The van der Waals surface area contributed by atoms with Crippen LogP contribution in [0.5, 0.6) is 0 Å². The van der Waals surface area contributed by atoms with Crippen LogP contribution in [0.2, 0.25) is 0 Å². The fourth-order valence-electron chi connectivity index (χ4n) is 8.17. The van der Waals surface area contributed by atoms with E-state index in [0.29, 0.717) is 5.92 Å². The van der Waals surface area contributed by atoms with Gasteiger partial charge in [-0.2, -0.15) is 0 Å². The number of urea groups is 1. The van der Waals surface area contributed by atoms with Gasteiger partial charge in [-0.3, -0.25) is 10.2 Å². The number of hydrogen-bond donors (Lipinski definition) is 4. The Hall–Kier alpha value is -4.28. The number of H-pyrrole nitrogens is 2. The van der Waals surface area contributed by atoms with E-state index >= 15 is 0 Å². The minimum atomic E-state index is -0.414. The van der Waals surface area contributed by atoms with Gasteiger partial charge in [-0.15, -0.1) is 0 Å². The minimum absolute atomic E-state index is 0.0302. The number of rotatable bonds is 16. The third kappa shape index (κ3) is 12.1. The highest BCUT2D eigenvalue weighted by atomic mass is 16.6. The van der Waals surface area contributed by atoms with Crippen molar-refractivity contribution in [1.29, 1.82) is 0 Å². The van der Waals surface area contributed by atoms with Gasteiger partial charge >= 0.3 is 12.1 Å². The number of hydrogen-bond acceptors (Lipinski definition) is 5. The Morgan fingerprint density at radius 2 is 1.51 bits per heavy atom. The molecule has 2 aliphatic heterocycles. The minimum Gasteiger partial charge on any atom is -0.447 e. The van der Waals surface area contributed by atoms with E-state index in [2.05, 4.69) is 95.5 Å². The molecule has 10 nitrogen and oxygen atoms in total. The zero-order chi connectivity index (χ0) is 40.7. The first-order valence-electron chi connectivity index (χ1n) is 22.1. The lowest BCUT2D eigenvalue weighted by molar-refractivity contribution is 0.130. The number of benzene rings is 2. The highest BCUT2D eigenvalue weighted by Crippen LogP contribution is 2.36. The Morgan fingerprint density at radius 1 is 0.842 bits per heavy atom. The molecule has 0 saturated carbocycles. The highest BCUT2D eigenvalue weighted by molar-refractivity contribution is 5.98. The number of unbranched alkanes of at least 4 members (excludes halogenated alkanes) is 3. The van der Waals surface area contributed by atoms with Crippen LogP contribution in [0.3, 0.4) is 0 Å². The standard InChI is InChI=1S/C26H42N4O.C21H29N3O2/c1-4-7-14-29-17-12-21(13-18-29)24-20-27-25-11-10-22(19-23(24)25)28-26(31)30(15-8-5-2)16-9-6-3;1-5-18-20(15-9-11-24(6-2)12-10-15)17-13-16(7-8-19(17)23-18)22-21(25)26-14(3)4/h10-11,19-21,27H,4-9,12-18H2,1-3H3,(H,28,31);7-9,13-14,23H,5-6,10-12H2,1-4H3,(H,22,25). The van der Waals surface area contributed by atoms with E-state index in [0.717, 1.165) is 93.7 Å². The van der Waals surface area contributed by atoms with Gasteiger partial charge in [0.2, 0.25) is 0 Å². The van der Waals surface area contributed by atoms with Gasteiger partial charge in [-0.1, -0.05) is 60.0 Å². The van der Waals surface area contributed by atoms with Crippen molar-refractivity contribution < 1.29 is 14.3 Å². The third-order valence-corrected chi connectivity index (χ3v) is 11.6. The number of likely N-dealkylation sites (tertiary alicyclic amines) is 1. The molecule has 1 fully saturated rings. The first-order valence-corrected chi connectivity index (χ1v) is 22.1. The van der Waals surface area contributed by atoms with Crippen LogP contribution < -0.4 is 10.6 Å². The van der Waals surface area contributed by atoms with Gasteiger partial charge < -0.3 is 29.8 Å². The monoisotopic (exact) mass is 782 g/mol. The van der Waals surface area contributed by atoms with Crippen LogP contribution in [-0.4, -0.2) is 95.3 Å². The predicted octanol–water partition coefficient (Wildman–Crippen LogP) is 11.4. The van der Waals surface area contributed by atoms with E-state index in [-0.39, 0.29) is 12.1 Å². The van der Waals surface area contributed by atoms with Crippen molar-refractivity contribution in [3.63, 3.8) is 0 Å². The van der Waals surface area contributed by atoms with Crippen LogP contribution >= 0.6 is 0 Å². The molecule has 0 atom stereocenters. The van der Waals surface area contributed by atoms with Crippen LogP contribution in [0.15, 0.2) is 48.7 Å². The Labute approximate surface area is 342 Å². The second-order valence-electron chi connectivity index (χ2n) is 16.1. The number of anilines is 2. The lowest BCUT2D eigenvalue weighted by Gasteiger charge is -2.31. The smallest absolute Gasteiger partial charge is 0.411 e. The molecule has 57 heavy (non-hydrogen) atoms. The summed E-state index contributed by atoms with van der Waals surface area (Å²) >= 11 is 0. The number of carbonyl (C=O) groups excluding carboxylic acids is 2. The number of nitrogens with one attached hydrogen (secondary N) is 4. The quantitative estimate of drug-likeness (QED) is 0.0905. The molecule has 0 spiro atoms. The van der Waals surface area contributed by atoms with E-state index in [4.69, 9.17) is 4.74 Å². The summed E-state index contributed by atoms with van der Waals surface area (Å²) in [6, 6.07) is 12.3. The Bertz CT molecular complexity index is 1890. The summed E-state index contributed by atoms with van der Waals surface area (Å²) in [5.74, 6) is 0.600. The Kier molecular flexibility index (Phi) is 16.9. The number of likely N-dealkylation sites (N-methyl/N-ethyl adjacent to an activating group) is 1. The predicted molar refractivity (Wildman–Crippen MR) is 240 cm³/mol. The molecule has 4 N–H and O–H groups in total. The molecule has 312 valence electrons. The van der Waals surface area contributed by atoms with Gasteiger partial charge in [0.05, 0.1) is 6.10 Å². The summed E-state index contributed by atoms with van der Waals surface area (Å²) in [4.78, 5) is 38.9. The van der Waals surface area contributed by atoms with E-state index in [1.165, 1.54) is 78.5 Å². The number of aromatic amines is 2. The third-order valence-electron chi connectivity index (χ3n) is 11.6. The largest absolute Gasteiger partial charge is 0.447 e. The molecule has 2 aromatic carbocycles. The van der Waals surface area contributed by atoms with E-state index in [1.54, 1.807) is 0 Å². The van der Waals surface area contributed by atoms with Crippen molar-refractivity contribution in [2.24, 2.45) is 0 Å². The van der Waals surface area contributed by atoms with Crippen LogP contribution in [0.25, 0.3) is 27.4 Å². The molecule has 3 amide bonds. The molecule has 4 heterocycles. The molecule has 6 rings (SSSR count). The molecule has 2 aliphatic rings. The SMILES string of the molecule is CCCCN1CCC(c2c[nH]c3ccc(NC(=O)N(CCCC)CCCC)cc23)CC1.CCc1[nH]c2ccc(NC(=O)OC(C)C)cc2c1C1=CCN(CC)CC1. The number of aryl methyl sites for hydroxylation is 1. The summed E-state index contributed by atoms with van der Waals surface area (Å²) < 4.78 is 5.19. The second kappa shape index (κ2) is 22.0. The van der Waals surface area contributed by atoms with E-state index in [1.807, 2.05) is 36.9 Å². The summed E-state index contributed by atoms with van der Waals surface area (Å²) in [6.45, 7) is 23.1. The van der Waals surface area contributed by atoms with Crippen molar-refractivity contribution >= 4 is 50.9 Å². The van der Waals surface area contributed by atoms with Gasteiger partial charge in [0.1, 0.15) is 0 Å². The number of piperidine rings is 1. The Balaban J connectivity index is 0.000000221. The molecule has 0 unspecified atom stereocenters. The molecule has 0 radical (unpaired) electrons. The molecular weight excluding hydrogens is 711 g/mol. The maximum absolute atomic E-state index is 12.9. The average molecular weight is 782 g/mol. The van der Waals surface area contributed by atoms with Gasteiger partial charge in [0, 0.05) is 76.8 Å². The summed E-state index contributed by atoms with van der Waals surface area (Å²) in [5.41, 5.74) is 9.31. The number of carbonyl (C=O) groups is 2. The molecule has 0 bridgehead atoms. The van der Waals surface area contributed by atoms with Crippen molar-refractivity contribution in [2.75, 3.05) is 63.0 Å². The van der Waals surface area contributed by atoms with Crippen molar-refractivity contribution in [3.05, 3.63) is 65.5 Å². The topological polar surface area (TPSA) is 109 Å². The first kappa shape index (κ1) is 43.8. The average Bonchev–Trinajstić information content (AvgIpc) is 3.81. The highest BCUT2D eigenvalue weighted by Gasteiger charge is 2.23. The fraction of sp³-hybridized carbons (Fsp3) is 0.574. The van der Waals surface area contributed by atoms with Crippen LogP contribution in [0.4, 0.5) is 21.0 Å². The number of nitrogens with zero attached hydrogens (tertiary/aromatic N) is 3. The van der Waals surface area contributed by atoms with Crippen molar-refractivity contribution in [3.8, 4) is 0 Å².